The van der Waals surface area contributed by atoms with Gasteiger partial charge < -0.3 is 9.84 Å². The first kappa shape index (κ1) is 22.5. The Morgan fingerprint density at radius 1 is 1.00 bits per heavy atom. The van der Waals surface area contributed by atoms with Crippen LogP contribution in [-0.2, 0) is 6.42 Å². The fraction of sp³-hybridized carbons (Fsp3) is 0.148. The molecule has 0 saturated heterocycles. The van der Waals surface area contributed by atoms with E-state index in [0.29, 0.717) is 28.1 Å². The van der Waals surface area contributed by atoms with Crippen molar-refractivity contribution in [1.82, 2.24) is 15.5 Å². The SMILES string of the molecule is CCc1cccc(N2C(=O)NC(c3ccc(F)cc3)C(c3nc(-c4ccc(F)cc4)no3)=C2C)c1. The lowest BCUT2D eigenvalue weighted by molar-refractivity contribution is 0.244. The maximum absolute atomic E-state index is 13.6. The molecule has 1 N–H and O–H groups in total. The Morgan fingerprint density at radius 2 is 1.69 bits per heavy atom. The molecule has 0 spiro atoms. The number of nitrogens with one attached hydrogen (secondary N) is 1. The summed E-state index contributed by atoms with van der Waals surface area (Å²) in [7, 11) is 0. The topological polar surface area (TPSA) is 71.3 Å². The molecule has 1 atom stereocenters. The van der Waals surface area contributed by atoms with E-state index in [2.05, 4.69) is 15.5 Å². The minimum atomic E-state index is -0.643. The lowest BCUT2D eigenvalue weighted by Crippen LogP contribution is -2.46. The van der Waals surface area contributed by atoms with Crippen molar-refractivity contribution in [1.29, 1.82) is 0 Å². The number of aromatic nitrogens is 2. The summed E-state index contributed by atoms with van der Waals surface area (Å²) in [6.45, 7) is 3.86. The first-order chi connectivity index (χ1) is 16.9. The second-order valence-corrected chi connectivity index (χ2v) is 8.22. The minimum Gasteiger partial charge on any atom is -0.334 e. The summed E-state index contributed by atoms with van der Waals surface area (Å²) >= 11 is 0. The van der Waals surface area contributed by atoms with Gasteiger partial charge in [-0.3, -0.25) is 4.90 Å². The van der Waals surface area contributed by atoms with Gasteiger partial charge in [0.1, 0.15) is 11.6 Å². The molecule has 1 aromatic heterocycles. The number of amides is 2. The third-order valence-electron chi connectivity index (χ3n) is 6.02. The molecule has 8 heteroatoms. The number of carbonyl (C=O) groups is 1. The summed E-state index contributed by atoms with van der Waals surface area (Å²) in [4.78, 5) is 19.4. The Hall–Kier alpha value is -4.33. The van der Waals surface area contributed by atoms with Crippen LogP contribution in [0.3, 0.4) is 0 Å². The van der Waals surface area contributed by atoms with E-state index in [1.807, 2.05) is 38.1 Å². The third-order valence-corrected chi connectivity index (χ3v) is 6.02. The van der Waals surface area contributed by atoms with E-state index in [-0.39, 0.29) is 29.4 Å². The molecule has 6 nitrogen and oxygen atoms in total. The van der Waals surface area contributed by atoms with Crippen LogP contribution >= 0.6 is 0 Å². The van der Waals surface area contributed by atoms with Crippen molar-refractivity contribution in [3.05, 3.63) is 107 Å². The van der Waals surface area contributed by atoms with Crippen LogP contribution in [-0.4, -0.2) is 16.2 Å². The number of rotatable bonds is 5. The van der Waals surface area contributed by atoms with Crippen molar-refractivity contribution in [3.63, 3.8) is 0 Å². The molecule has 3 aromatic carbocycles. The molecule has 0 saturated carbocycles. The predicted octanol–water partition coefficient (Wildman–Crippen LogP) is 6.28. The van der Waals surface area contributed by atoms with Gasteiger partial charge in [-0.05, 0) is 73.0 Å². The lowest BCUT2D eigenvalue weighted by atomic mass is 9.94. The van der Waals surface area contributed by atoms with Gasteiger partial charge in [-0.1, -0.05) is 36.3 Å². The van der Waals surface area contributed by atoms with Crippen molar-refractivity contribution in [2.75, 3.05) is 4.90 Å². The highest BCUT2D eigenvalue weighted by atomic mass is 19.1. The Balaban J connectivity index is 1.65. The molecule has 1 aliphatic rings. The van der Waals surface area contributed by atoms with Crippen LogP contribution in [0, 0.1) is 11.6 Å². The standard InChI is InChI=1S/C27H22F2N4O2/c1-3-17-5-4-6-22(15-17)33-16(2)23(24(30-27(33)34)18-7-11-20(28)12-8-18)26-31-25(32-35-26)19-9-13-21(29)14-10-19/h4-15,24H,3H2,1-2H3,(H,30,34). The summed E-state index contributed by atoms with van der Waals surface area (Å²) in [5.74, 6) is -0.262. The highest BCUT2D eigenvalue weighted by Gasteiger charge is 2.36. The number of anilines is 1. The average molecular weight is 472 g/mol. The van der Waals surface area contributed by atoms with Gasteiger partial charge in [0, 0.05) is 11.3 Å². The fourth-order valence-corrected chi connectivity index (χ4v) is 4.20. The molecule has 2 heterocycles. The van der Waals surface area contributed by atoms with Crippen LogP contribution in [0.1, 0.15) is 36.9 Å². The van der Waals surface area contributed by atoms with Crippen LogP contribution in [0.4, 0.5) is 19.3 Å². The second-order valence-electron chi connectivity index (χ2n) is 8.22. The number of allylic oxidation sites excluding steroid dienone is 1. The van der Waals surface area contributed by atoms with E-state index in [9.17, 15) is 13.6 Å². The average Bonchev–Trinajstić information content (AvgIpc) is 3.34. The molecular weight excluding hydrogens is 450 g/mol. The van der Waals surface area contributed by atoms with E-state index >= 15 is 0 Å². The smallest absolute Gasteiger partial charge is 0.326 e. The number of nitrogens with zero attached hydrogens (tertiary/aromatic N) is 3. The number of hydrogen-bond acceptors (Lipinski definition) is 4. The summed E-state index contributed by atoms with van der Waals surface area (Å²) < 4.78 is 32.6. The summed E-state index contributed by atoms with van der Waals surface area (Å²) in [6, 6.07) is 18.4. The minimum absolute atomic E-state index is 0.202. The number of hydrogen-bond donors (Lipinski definition) is 1. The zero-order valence-corrected chi connectivity index (χ0v) is 19.1. The lowest BCUT2D eigenvalue weighted by Gasteiger charge is -2.35. The highest BCUT2D eigenvalue weighted by Crippen LogP contribution is 2.39. The van der Waals surface area contributed by atoms with E-state index in [0.717, 1.165) is 12.0 Å². The summed E-state index contributed by atoms with van der Waals surface area (Å²) in [5.41, 5.74) is 4.22. The van der Waals surface area contributed by atoms with Gasteiger partial charge in [-0.2, -0.15) is 4.98 Å². The Labute approximate surface area is 200 Å². The molecule has 35 heavy (non-hydrogen) atoms. The number of benzene rings is 3. The summed E-state index contributed by atoms with van der Waals surface area (Å²) in [6.07, 6.45) is 0.821. The van der Waals surface area contributed by atoms with E-state index in [1.165, 1.54) is 24.3 Å². The van der Waals surface area contributed by atoms with Crippen LogP contribution in [0.2, 0.25) is 0 Å². The van der Waals surface area contributed by atoms with Gasteiger partial charge in [0.25, 0.3) is 5.89 Å². The molecule has 1 unspecified atom stereocenters. The molecule has 0 radical (unpaired) electrons. The quantitative estimate of drug-likeness (QED) is 0.371. The molecule has 0 aliphatic carbocycles. The van der Waals surface area contributed by atoms with E-state index in [1.54, 1.807) is 29.2 Å². The Morgan fingerprint density at radius 3 is 2.37 bits per heavy atom. The molecule has 4 aromatic rings. The first-order valence-corrected chi connectivity index (χ1v) is 11.2. The van der Waals surface area contributed by atoms with Crippen LogP contribution < -0.4 is 10.2 Å². The van der Waals surface area contributed by atoms with Crippen molar-refractivity contribution in [2.24, 2.45) is 0 Å². The molecule has 176 valence electrons. The Kier molecular flexibility index (Phi) is 5.86. The van der Waals surface area contributed by atoms with Crippen molar-refractivity contribution < 1.29 is 18.1 Å². The van der Waals surface area contributed by atoms with E-state index in [4.69, 9.17) is 4.52 Å². The molecular formula is C27H22F2N4O2. The zero-order valence-electron chi connectivity index (χ0n) is 19.1. The zero-order chi connectivity index (χ0) is 24.5. The predicted molar refractivity (Wildman–Crippen MR) is 128 cm³/mol. The van der Waals surface area contributed by atoms with E-state index < -0.39 is 6.04 Å². The van der Waals surface area contributed by atoms with Gasteiger partial charge in [0.05, 0.1) is 17.3 Å². The largest absolute Gasteiger partial charge is 0.334 e. The maximum Gasteiger partial charge on any atom is 0.326 e. The molecule has 2 amide bonds. The molecule has 0 bridgehead atoms. The van der Waals surface area contributed by atoms with Crippen LogP contribution in [0.15, 0.2) is 83.0 Å². The number of halogens is 2. The van der Waals surface area contributed by atoms with Crippen molar-refractivity contribution >= 4 is 17.3 Å². The third kappa shape index (κ3) is 4.30. The monoisotopic (exact) mass is 472 g/mol. The van der Waals surface area contributed by atoms with Crippen LogP contribution in [0.5, 0.6) is 0 Å². The molecule has 0 fully saturated rings. The molecule has 5 rings (SSSR count). The highest BCUT2D eigenvalue weighted by molar-refractivity contribution is 6.01. The number of urea groups is 1. The number of carbonyl (C=O) groups excluding carboxylic acids is 1. The second kappa shape index (κ2) is 9.13. The summed E-state index contributed by atoms with van der Waals surface area (Å²) in [5, 5.41) is 7.08. The van der Waals surface area contributed by atoms with Gasteiger partial charge in [-0.25, -0.2) is 13.6 Å². The maximum atomic E-state index is 13.6. The van der Waals surface area contributed by atoms with Gasteiger partial charge in [0.2, 0.25) is 5.82 Å². The normalized spacial score (nSPS) is 15.9. The van der Waals surface area contributed by atoms with Crippen molar-refractivity contribution in [2.45, 2.75) is 26.3 Å². The fourth-order valence-electron chi connectivity index (χ4n) is 4.20. The Bertz CT molecular complexity index is 1410. The van der Waals surface area contributed by atoms with Crippen molar-refractivity contribution in [3.8, 4) is 11.4 Å². The number of aryl methyl sites for hydroxylation is 1. The molecule has 1 aliphatic heterocycles. The van der Waals surface area contributed by atoms with Gasteiger partial charge in [-0.15, -0.1) is 0 Å². The van der Waals surface area contributed by atoms with Crippen LogP contribution in [0.25, 0.3) is 17.0 Å². The first-order valence-electron chi connectivity index (χ1n) is 11.2. The van der Waals surface area contributed by atoms with Gasteiger partial charge >= 0.3 is 6.03 Å². The van der Waals surface area contributed by atoms with Gasteiger partial charge in [0.15, 0.2) is 0 Å².